The maximum absolute atomic E-state index is 17.1. The van der Waals surface area contributed by atoms with Gasteiger partial charge in [0.05, 0.1) is 22.1 Å². The first-order valence-electron chi connectivity index (χ1n) is 18.5. The number of fused-ring (bicyclic) bond motifs is 2. The fraction of sp³-hybridized carbons (Fsp3) is 0.463. The van der Waals surface area contributed by atoms with Gasteiger partial charge in [0.1, 0.15) is 41.4 Å². The minimum Gasteiger partial charge on any atom is -0.508 e. The van der Waals surface area contributed by atoms with Crippen molar-refractivity contribution >= 4 is 33.4 Å². The highest BCUT2D eigenvalue weighted by atomic mass is 19.1. The smallest absolute Gasteiger partial charge is 0.319 e. The fourth-order valence-corrected chi connectivity index (χ4v) is 8.69. The van der Waals surface area contributed by atoms with Gasteiger partial charge in [0.15, 0.2) is 5.82 Å². The van der Waals surface area contributed by atoms with E-state index in [1.165, 1.54) is 36.5 Å². The number of anilines is 1. The number of rotatable bonds is 10. The lowest BCUT2D eigenvalue weighted by atomic mass is 9.79. The van der Waals surface area contributed by atoms with Gasteiger partial charge < -0.3 is 29.5 Å². The Hall–Kier alpha value is -4.97. The van der Waals surface area contributed by atoms with E-state index in [9.17, 15) is 19.4 Å². The molecule has 3 fully saturated rings. The number of ether oxygens (including phenoxy) is 2. The number of pyridine rings is 1. The second kappa shape index (κ2) is 14.9. The molecule has 2 aromatic carbocycles. The number of aromatic nitrogens is 3. The average Bonchev–Trinajstić information content (AvgIpc) is 3.78. The zero-order chi connectivity index (χ0) is 39.2. The number of carbonyl (C=O) groups excluding carboxylic acids is 1. The van der Waals surface area contributed by atoms with Crippen LogP contribution < -0.4 is 9.64 Å². The number of benzene rings is 2. The van der Waals surface area contributed by atoms with Crippen LogP contribution in [-0.2, 0) is 9.53 Å². The second-order valence-corrected chi connectivity index (χ2v) is 15.3. The molecule has 3 aliphatic rings. The number of likely N-dealkylation sites (N-methyl/N-ethyl adjacent to an activating group) is 1. The van der Waals surface area contributed by atoms with Gasteiger partial charge in [-0.15, -0.1) is 6.42 Å². The number of phenolic OH excluding ortho intramolecular Hbond substituents is 1. The molecule has 55 heavy (non-hydrogen) atoms. The molecule has 14 heteroatoms. The van der Waals surface area contributed by atoms with E-state index in [0.29, 0.717) is 44.5 Å². The van der Waals surface area contributed by atoms with Crippen LogP contribution >= 0.6 is 0 Å². The van der Waals surface area contributed by atoms with E-state index in [0.717, 1.165) is 12.8 Å². The Kier molecular flexibility index (Phi) is 10.4. The first-order chi connectivity index (χ1) is 26.3. The first-order valence-corrected chi connectivity index (χ1v) is 18.5. The van der Waals surface area contributed by atoms with Crippen LogP contribution in [0.25, 0.3) is 32.9 Å². The zero-order valence-corrected chi connectivity index (χ0v) is 31.2. The Labute approximate surface area is 317 Å². The number of hydrogen-bond donors (Lipinski definition) is 2. The number of likely N-dealkylation sites (tertiary alicyclic amines) is 2. The molecule has 0 aliphatic carbocycles. The molecule has 0 unspecified atom stereocenters. The monoisotopic (exact) mass is 758 g/mol. The van der Waals surface area contributed by atoms with Gasteiger partial charge in [0.2, 0.25) is 5.91 Å². The molecule has 0 bridgehead atoms. The summed E-state index contributed by atoms with van der Waals surface area (Å²) in [5.41, 5.74) is -3.13. The van der Waals surface area contributed by atoms with Crippen molar-refractivity contribution in [3.63, 3.8) is 0 Å². The molecule has 11 nitrogen and oxygen atoms in total. The van der Waals surface area contributed by atoms with Crippen molar-refractivity contribution < 1.29 is 37.7 Å². The zero-order valence-electron chi connectivity index (χ0n) is 31.2. The number of terminal acetylenes is 1. The maximum atomic E-state index is 17.1. The standard InChI is InChI=1S/C41H45F3N6O5/c1-6-29-32(43)11-10-24-17-28(51)18-30(34(24)29)36-35(44)37-31(20-45-36)38(48(5)22-27-9-8-14-49(27)33(52)7-2)47-39(46-37)55-23-41(40(3,4)53)19-25(42)21-50(41)26-12-15-54-16-13-26/h1,7,10-11,17-18,20,25-27,51,53H,2,8-9,12-16,19,21-23H2,3-5H3/t25-,27+,41+/m1/s1. The topological polar surface area (TPSA) is 124 Å². The Morgan fingerprint density at radius 1 is 1.24 bits per heavy atom. The van der Waals surface area contributed by atoms with E-state index in [2.05, 4.69) is 22.5 Å². The third kappa shape index (κ3) is 6.94. The molecule has 0 radical (unpaired) electrons. The number of alkyl halides is 1. The van der Waals surface area contributed by atoms with E-state index in [1.807, 2.05) is 4.90 Å². The summed E-state index contributed by atoms with van der Waals surface area (Å²) in [6, 6.07) is 4.80. The van der Waals surface area contributed by atoms with Gasteiger partial charge in [-0.05, 0) is 69.2 Å². The lowest BCUT2D eigenvalue weighted by Gasteiger charge is -2.49. The lowest BCUT2D eigenvalue weighted by Crippen LogP contribution is -2.65. The van der Waals surface area contributed by atoms with Crippen LogP contribution in [0.15, 0.2) is 43.1 Å². The van der Waals surface area contributed by atoms with Crippen LogP contribution in [0.4, 0.5) is 19.0 Å². The van der Waals surface area contributed by atoms with Gasteiger partial charge >= 0.3 is 6.01 Å². The second-order valence-electron chi connectivity index (χ2n) is 15.3. The number of hydrogen-bond acceptors (Lipinski definition) is 10. The van der Waals surface area contributed by atoms with Crippen molar-refractivity contribution in [1.82, 2.24) is 24.8 Å². The number of phenols is 1. The van der Waals surface area contributed by atoms with E-state index >= 15 is 8.78 Å². The molecule has 1 amide bonds. The number of aromatic hydroxyl groups is 1. The summed E-state index contributed by atoms with van der Waals surface area (Å²) in [4.78, 5) is 31.9. The molecule has 2 N–H and O–H groups in total. The summed E-state index contributed by atoms with van der Waals surface area (Å²) < 4.78 is 59.5. The molecular weight excluding hydrogens is 713 g/mol. The fourth-order valence-electron chi connectivity index (χ4n) is 8.69. The highest BCUT2D eigenvalue weighted by Crippen LogP contribution is 2.44. The summed E-state index contributed by atoms with van der Waals surface area (Å²) >= 11 is 0. The van der Waals surface area contributed by atoms with Crippen LogP contribution in [0, 0.1) is 24.0 Å². The third-order valence-electron chi connectivity index (χ3n) is 11.5. The molecule has 290 valence electrons. The molecular formula is C41H45F3N6O5. The predicted octanol–water partition coefficient (Wildman–Crippen LogP) is 5.53. The van der Waals surface area contributed by atoms with Crippen molar-refractivity contribution in [3.8, 4) is 35.4 Å². The summed E-state index contributed by atoms with van der Waals surface area (Å²) in [7, 11) is 1.76. The SMILES string of the molecule is C#Cc1c(F)ccc2cc(O)cc(-c3ncc4c(N(C)C[C@@H]5CCCN5C(=O)C=C)nc(OC[C@]5(C(C)(C)O)C[C@@H](F)CN5C5CCOCC5)nc4c3F)c12. The Balaban J connectivity index is 1.36. The van der Waals surface area contributed by atoms with Crippen LogP contribution in [0.1, 0.15) is 51.5 Å². The normalized spacial score (nSPS) is 22.3. The minimum atomic E-state index is -1.44. The molecule has 4 aromatic rings. The highest BCUT2D eigenvalue weighted by Gasteiger charge is 2.57. The number of nitrogens with zero attached hydrogens (tertiary/aromatic N) is 6. The quantitative estimate of drug-likeness (QED) is 0.158. The van der Waals surface area contributed by atoms with Crippen LogP contribution in [0.3, 0.4) is 0 Å². The number of carbonyl (C=O) groups is 1. The van der Waals surface area contributed by atoms with E-state index in [1.54, 1.807) is 30.7 Å². The number of aliphatic hydroxyl groups is 1. The summed E-state index contributed by atoms with van der Waals surface area (Å²) in [6.07, 6.45) is 9.99. The van der Waals surface area contributed by atoms with E-state index < -0.39 is 28.9 Å². The van der Waals surface area contributed by atoms with Gasteiger partial charge in [-0.1, -0.05) is 18.6 Å². The molecule has 3 atom stereocenters. The summed E-state index contributed by atoms with van der Waals surface area (Å²) in [5, 5.41) is 23.1. The average molecular weight is 759 g/mol. The Bertz CT molecular complexity index is 2180. The molecule has 7 rings (SSSR count). The van der Waals surface area contributed by atoms with Crippen molar-refractivity contribution in [3.05, 3.63) is 60.3 Å². The van der Waals surface area contributed by atoms with Crippen molar-refractivity contribution in [1.29, 1.82) is 0 Å². The van der Waals surface area contributed by atoms with Crippen LogP contribution in [0.2, 0.25) is 0 Å². The molecule has 0 spiro atoms. The Morgan fingerprint density at radius 3 is 2.71 bits per heavy atom. The number of halogens is 3. The van der Waals surface area contributed by atoms with Gasteiger partial charge in [-0.2, -0.15) is 9.97 Å². The van der Waals surface area contributed by atoms with Gasteiger partial charge in [0, 0.05) is 75.5 Å². The van der Waals surface area contributed by atoms with Crippen LogP contribution in [-0.4, -0.2) is 117 Å². The summed E-state index contributed by atoms with van der Waals surface area (Å²) in [5.74, 6) is 0.584. The van der Waals surface area contributed by atoms with Crippen LogP contribution in [0.5, 0.6) is 11.8 Å². The van der Waals surface area contributed by atoms with Gasteiger partial charge in [-0.25, -0.2) is 13.2 Å². The van der Waals surface area contributed by atoms with Gasteiger partial charge in [-0.3, -0.25) is 14.7 Å². The van der Waals surface area contributed by atoms with Crippen molar-refractivity contribution in [2.75, 3.05) is 51.4 Å². The molecule has 2 aromatic heterocycles. The maximum Gasteiger partial charge on any atom is 0.319 e. The first kappa shape index (κ1) is 38.3. The highest BCUT2D eigenvalue weighted by molar-refractivity contribution is 6.03. The number of amides is 1. The molecule has 5 heterocycles. The lowest BCUT2D eigenvalue weighted by molar-refractivity contribution is -0.126. The van der Waals surface area contributed by atoms with E-state index in [-0.39, 0.29) is 88.3 Å². The largest absolute Gasteiger partial charge is 0.508 e. The molecule has 0 saturated carbocycles. The Morgan fingerprint density at radius 2 is 2.00 bits per heavy atom. The molecule has 3 aliphatic heterocycles. The van der Waals surface area contributed by atoms with Crippen molar-refractivity contribution in [2.24, 2.45) is 0 Å². The summed E-state index contributed by atoms with van der Waals surface area (Å²) in [6.45, 7) is 8.71. The molecule has 3 saturated heterocycles. The minimum absolute atomic E-state index is 0.00980. The third-order valence-corrected chi connectivity index (χ3v) is 11.5. The van der Waals surface area contributed by atoms with E-state index in [4.69, 9.17) is 20.9 Å². The predicted molar refractivity (Wildman–Crippen MR) is 203 cm³/mol. The van der Waals surface area contributed by atoms with Crippen molar-refractivity contribution in [2.45, 2.75) is 75.3 Å². The van der Waals surface area contributed by atoms with Gasteiger partial charge in [0.25, 0.3) is 0 Å².